The number of benzene rings is 1. The van der Waals surface area contributed by atoms with Gasteiger partial charge >= 0.3 is 0 Å². The molecule has 1 fully saturated rings. The highest BCUT2D eigenvalue weighted by Gasteiger charge is 2.38. The van der Waals surface area contributed by atoms with Crippen LogP contribution in [0.2, 0.25) is 0 Å². The summed E-state index contributed by atoms with van der Waals surface area (Å²) in [6.07, 6.45) is 2.74. The van der Waals surface area contributed by atoms with Crippen LogP contribution in [0.4, 0.5) is 4.39 Å². The Morgan fingerprint density at radius 2 is 1.92 bits per heavy atom. The van der Waals surface area contributed by atoms with Gasteiger partial charge < -0.3 is 5.73 Å². The van der Waals surface area contributed by atoms with Gasteiger partial charge in [0.25, 0.3) is 0 Å². The van der Waals surface area contributed by atoms with Gasteiger partial charge in [-0.05, 0) is 30.9 Å². The Hall–Kier alpha value is -0.600. The fraction of sp³-hybridized carbons (Fsp3) is 0.400. The highest BCUT2D eigenvalue weighted by molar-refractivity contribution is 5.85. The Morgan fingerprint density at radius 3 is 2.46 bits per heavy atom. The van der Waals surface area contributed by atoms with Gasteiger partial charge in [-0.1, -0.05) is 18.2 Å². The van der Waals surface area contributed by atoms with E-state index in [1.807, 2.05) is 12.1 Å². The summed E-state index contributed by atoms with van der Waals surface area (Å²) in [5.41, 5.74) is 6.53. The molecule has 3 heteroatoms. The van der Waals surface area contributed by atoms with E-state index in [-0.39, 0.29) is 23.8 Å². The lowest BCUT2D eigenvalue weighted by Gasteiger charge is -2.08. The Bertz CT molecular complexity index is 297. The van der Waals surface area contributed by atoms with Crippen LogP contribution < -0.4 is 5.73 Å². The van der Waals surface area contributed by atoms with Crippen LogP contribution in [0.3, 0.4) is 0 Å². The van der Waals surface area contributed by atoms with E-state index in [2.05, 4.69) is 0 Å². The average Bonchev–Trinajstić information content (AvgIpc) is 2.74. The van der Waals surface area contributed by atoms with Crippen LogP contribution in [0.25, 0.3) is 0 Å². The molecule has 0 aliphatic heterocycles. The molecule has 13 heavy (non-hydrogen) atoms. The van der Waals surface area contributed by atoms with Crippen molar-refractivity contribution in [2.75, 3.05) is 0 Å². The minimum atomic E-state index is -0.130. The first kappa shape index (κ1) is 10.5. The predicted molar refractivity (Wildman–Crippen MR) is 53.5 cm³/mol. The van der Waals surface area contributed by atoms with Crippen LogP contribution in [-0.2, 0) is 6.42 Å². The van der Waals surface area contributed by atoms with Crippen LogP contribution in [0.1, 0.15) is 18.4 Å². The molecule has 1 aliphatic rings. The molecule has 1 aromatic carbocycles. The van der Waals surface area contributed by atoms with Crippen LogP contribution in [-0.4, -0.2) is 5.54 Å². The number of nitrogens with two attached hydrogens (primary N) is 1. The number of hydrogen-bond acceptors (Lipinski definition) is 1. The first-order chi connectivity index (χ1) is 5.70. The van der Waals surface area contributed by atoms with E-state index in [1.165, 1.54) is 6.07 Å². The maximum Gasteiger partial charge on any atom is 0.126 e. The third-order valence-corrected chi connectivity index (χ3v) is 2.39. The first-order valence-corrected chi connectivity index (χ1v) is 4.22. The summed E-state index contributed by atoms with van der Waals surface area (Å²) in [6.45, 7) is 0. The lowest BCUT2D eigenvalue weighted by molar-refractivity contribution is 0.582. The van der Waals surface area contributed by atoms with Crippen LogP contribution in [0, 0.1) is 5.82 Å². The maximum atomic E-state index is 13.1. The van der Waals surface area contributed by atoms with Gasteiger partial charge in [0.05, 0.1) is 0 Å². The van der Waals surface area contributed by atoms with Crippen molar-refractivity contribution in [3.8, 4) is 0 Å². The normalized spacial score (nSPS) is 17.7. The lowest BCUT2D eigenvalue weighted by atomic mass is 10.0. The zero-order valence-electron chi connectivity index (χ0n) is 7.29. The molecular formula is C10H13ClFN. The number of rotatable bonds is 2. The fourth-order valence-electron chi connectivity index (χ4n) is 1.36. The predicted octanol–water partition coefficient (Wildman–Crippen LogP) is 2.28. The van der Waals surface area contributed by atoms with Gasteiger partial charge in [0, 0.05) is 5.54 Å². The van der Waals surface area contributed by atoms with Gasteiger partial charge in [-0.25, -0.2) is 4.39 Å². The van der Waals surface area contributed by atoms with Crippen LogP contribution in [0.15, 0.2) is 24.3 Å². The Balaban J connectivity index is 0.000000845. The molecule has 0 spiro atoms. The molecule has 0 radical (unpaired) electrons. The first-order valence-electron chi connectivity index (χ1n) is 4.22. The standard InChI is InChI=1S/C10H12FN.ClH/c11-9-4-2-1-3-8(9)7-10(12)5-6-10;/h1-4H,5-7,12H2;1H. The monoisotopic (exact) mass is 201 g/mol. The van der Waals surface area contributed by atoms with Crippen molar-refractivity contribution < 1.29 is 4.39 Å². The molecule has 0 aromatic heterocycles. The molecule has 1 aliphatic carbocycles. The second-order valence-electron chi connectivity index (χ2n) is 3.63. The molecule has 2 rings (SSSR count). The minimum Gasteiger partial charge on any atom is -0.325 e. The van der Waals surface area contributed by atoms with E-state index in [1.54, 1.807) is 6.07 Å². The number of hydrogen-bond donors (Lipinski definition) is 1. The van der Waals surface area contributed by atoms with Gasteiger partial charge in [-0.3, -0.25) is 0 Å². The summed E-state index contributed by atoms with van der Waals surface area (Å²) >= 11 is 0. The van der Waals surface area contributed by atoms with Crippen molar-refractivity contribution in [3.05, 3.63) is 35.6 Å². The van der Waals surface area contributed by atoms with Crippen molar-refractivity contribution in [3.63, 3.8) is 0 Å². The molecule has 0 saturated heterocycles. The summed E-state index contributed by atoms with van der Waals surface area (Å²) in [5.74, 6) is -0.130. The maximum absolute atomic E-state index is 13.1. The molecule has 0 heterocycles. The molecule has 0 atom stereocenters. The van der Waals surface area contributed by atoms with Crippen LogP contribution in [0.5, 0.6) is 0 Å². The van der Waals surface area contributed by atoms with Crippen molar-refractivity contribution in [1.29, 1.82) is 0 Å². The molecule has 1 aromatic rings. The van der Waals surface area contributed by atoms with Crippen molar-refractivity contribution in [2.45, 2.75) is 24.8 Å². The van der Waals surface area contributed by atoms with E-state index in [4.69, 9.17) is 5.73 Å². The third kappa shape index (κ3) is 2.42. The lowest BCUT2D eigenvalue weighted by Crippen LogP contribution is -2.24. The second kappa shape index (κ2) is 3.64. The summed E-state index contributed by atoms with van der Waals surface area (Å²) in [7, 11) is 0. The largest absolute Gasteiger partial charge is 0.325 e. The van der Waals surface area contributed by atoms with E-state index in [0.29, 0.717) is 6.42 Å². The third-order valence-electron chi connectivity index (χ3n) is 2.39. The van der Waals surface area contributed by atoms with E-state index < -0.39 is 0 Å². The van der Waals surface area contributed by atoms with Gasteiger partial charge in [0.15, 0.2) is 0 Å². The van der Waals surface area contributed by atoms with Crippen molar-refractivity contribution in [2.24, 2.45) is 5.73 Å². The Kier molecular flexibility index (Phi) is 2.94. The average molecular weight is 202 g/mol. The van der Waals surface area contributed by atoms with Gasteiger partial charge in [0.2, 0.25) is 0 Å². The molecule has 1 nitrogen and oxygen atoms in total. The Labute approximate surface area is 83.5 Å². The second-order valence-corrected chi connectivity index (χ2v) is 3.63. The van der Waals surface area contributed by atoms with Gasteiger partial charge in [-0.15, -0.1) is 12.4 Å². The minimum absolute atomic E-state index is 0. The molecule has 0 amide bonds. The van der Waals surface area contributed by atoms with Crippen LogP contribution >= 0.6 is 12.4 Å². The summed E-state index contributed by atoms with van der Waals surface area (Å²) in [4.78, 5) is 0. The molecule has 1 saturated carbocycles. The molecule has 0 unspecified atom stereocenters. The van der Waals surface area contributed by atoms with E-state index >= 15 is 0 Å². The molecule has 72 valence electrons. The van der Waals surface area contributed by atoms with Gasteiger partial charge in [0.1, 0.15) is 5.82 Å². The Morgan fingerprint density at radius 1 is 1.31 bits per heavy atom. The highest BCUT2D eigenvalue weighted by atomic mass is 35.5. The van der Waals surface area contributed by atoms with Gasteiger partial charge in [-0.2, -0.15) is 0 Å². The molecule has 2 N–H and O–H groups in total. The SMILES string of the molecule is Cl.NC1(Cc2ccccc2F)CC1. The van der Waals surface area contributed by atoms with E-state index in [0.717, 1.165) is 18.4 Å². The smallest absolute Gasteiger partial charge is 0.126 e. The fourth-order valence-corrected chi connectivity index (χ4v) is 1.36. The van der Waals surface area contributed by atoms with Crippen molar-refractivity contribution >= 4 is 12.4 Å². The highest BCUT2D eigenvalue weighted by Crippen LogP contribution is 2.35. The molecular weight excluding hydrogens is 189 g/mol. The topological polar surface area (TPSA) is 26.0 Å². The molecule has 0 bridgehead atoms. The quantitative estimate of drug-likeness (QED) is 0.781. The number of halogens is 2. The van der Waals surface area contributed by atoms with E-state index in [9.17, 15) is 4.39 Å². The zero-order chi connectivity index (χ0) is 8.60. The van der Waals surface area contributed by atoms with Crippen molar-refractivity contribution in [1.82, 2.24) is 0 Å². The summed E-state index contributed by atoms with van der Waals surface area (Å²) in [6, 6.07) is 6.85. The zero-order valence-corrected chi connectivity index (χ0v) is 8.11. The summed E-state index contributed by atoms with van der Waals surface area (Å²) < 4.78 is 13.1. The summed E-state index contributed by atoms with van der Waals surface area (Å²) in [5, 5.41) is 0.